The van der Waals surface area contributed by atoms with Crippen LogP contribution >= 0.6 is 24.0 Å². The highest BCUT2D eigenvalue weighted by atomic mass is 127. The van der Waals surface area contributed by atoms with Crippen molar-refractivity contribution in [3.05, 3.63) is 35.4 Å². The van der Waals surface area contributed by atoms with Gasteiger partial charge in [-0.05, 0) is 30.9 Å². The maximum atomic E-state index is 6.04. The van der Waals surface area contributed by atoms with Crippen molar-refractivity contribution >= 4 is 29.9 Å². The van der Waals surface area contributed by atoms with Crippen molar-refractivity contribution < 1.29 is 14.2 Å². The zero-order valence-electron chi connectivity index (χ0n) is 18.1. The smallest absolute Gasteiger partial charge is 0.191 e. The van der Waals surface area contributed by atoms with E-state index in [1.807, 2.05) is 0 Å². The SMILES string of the molecule is CCNC(=NCc1cccc(COC2CCOCC2)c1)NCCN1CCOCC1.I. The molecule has 0 unspecified atom stereocenters. The van der Waals surface area contributed by atoms with Gasteiger partial charge in [0.25, 0.3) is 0 Å². The van der Waals surface area contributed by atoms with Gasteiger partial charge in [0, 0.05) is 45.9 Å². The first-order chi connectivity index (χ1) is 14.3. The van der Waals surface area contributed by atoms with Crippen molar-refractivity contribution in [1.29, 1.82) is 0 Å². The average molecular weight is 532 g/mol. The molecule has 0 aromatic heterocycles. The maximum absolute atomic E-state index is 6.04. The zero-order chi connectivity index (χ0) is 20.2. The van der Waals surface area contributed by atoms with E-state index in [0.717, 1.165) is 78.0 Å². The van der Waals surface area contributed by atoms with E-state index in [1.165, 1.54) is 11.1 Å². The summed E-state index contributed by atoms with van der Waals surface area (Å²) in [6.45, 7) is 11.4. The summed E-state index contributed by atoms with van der Waals surface area (Å²) in [5, 5.41) is 6.77. The first-order valence-corrected chi connectivity index (χ1v) is 10.9. The Morgan fingerprint density at radius 1 is 1.10 bits per heavy atom. The number of guanidine groups is 1. The predicted molar refractivity (Wildman–Crippen MR) is 131 cm³/mol. The third-order valence-electron chi connectivity index (χ3n) is 5.23. The fourth-order valence-electron chi connectivity index (χ4n) is 3.54. The number of hydrogen-bond acceptors (Lipinski definition) is 5. The van der Waals surface area contributed by atoms with Crippen molar-refractivity contribution in [2.24, 2.45) is 4.99 Å². The Bertz CT molecular complexity index is 620. The van der Waals surface area contributed by atoms with E-state index in [4.69, 9.17) is 19.2 Å². The lowest BCUT2D eigenvalue weighted by Gasteiger charge is -2.26. The Morgan fingerprint density at radius 2 is 1.83 bits per heavy atom. The molecule has 0 amide bonds. The molecule has 1 aromatic carbocycles. The number of halogens is 1. The van der Waals surface area contributed by atoms with Crippen molar-refractivity contribution in [3.63, 3.8) is 0 Å². The minimum absolute atomic E-state index is 0. The van der Waals surface area contributed by atoms with Crippen molar-refractivity contribution in [2.45, 2.75) is 39.0 Å². The standard InChI is InChI=1S/C22H36N4O3.HI/c1-2-23-22(24-8-9-26-10-14-28-15-11-26)25-17-19-4-3-5-20(16-19)18-29-21-6-12-27-13-7-21;/h3-5,16,21H,2,6-15,17-18H2,1H3,(H2,23,24,25);1H. The van der Waals surface area contributed by atoms with Crippen molar-refractivity contribution in [1.82, 2.24) is 15.5 Å². The average Bonchev–Trinajstić information content (AvgIpc) is 2.78. The lowest BCUT2D eigenvalue weighted by molar-refractivity contribution is -0.0390. The summed E-state index contributed by atoms with van der Waals surface area (Å²) in [5.74, 6) is 0.865. The second-order valence-electron chi connectivity index (χ2n) is 7.52. The summed E-state index contributed by atoms with van der Waals surface area (Å²) in [7, 11) is 0. The Hall–Kier alpha value is -0.940. The first-order valence-electron chi connectivity index (χ1n) is 10.9. The van der Waals surface area contributed by atoms with E-state index in [0.29, 0.717) is 19.3 Å². The van der Waals surface area contributed by atoms with Crippen LogP contribution in [-0.4, -0.2) is 76.1 Å². The molecule has 8 heteroatoms. The molecule has 0 aliphatic carbocycles. The van der Waals surface area contributed by atoms with Crippen LogP contribution in [0.2, 0.25) is 0 Å². The molecule has 2 N–H and O–H groups in total. The van der Waals surface area contributed by atoms with Gasteiger partial charge >= 0.3 is 0 Å². The second-order valence-corrected chi connectivity index (χ2v) is 7.52. The Balaban J connectivity index is 0.00000320. The quantitative estimate of drug-likeness (QED) is 0.289. The predicted octanol–water partition coefficient (Wildman–Crippen LogP) is 2.39. The summed E-state index contributed by atoms with van der Waals surface area (Å²) in [6.07, 6.45) is 2.31. The molecule has 0 bridgehead atoms. The number of rotatable bonds is 9. The highest BCUT2D eigenvalue weighted by Gasteiger charge is 2.14. The van der Waals surface area contributed by atoms with Gasteiger partial charge in [-0.25, -0.2) is 4.99 Å². The molecule has 2 aliphatic rings. The van der Waals surface area contributed by atoms with Crippen LogP contribution in [0.25, 0.3) is 0 Å². The summed E-state index contributed by atoms with van der Waals surface area (Å²) in [6, 6.07) is 8.53. The number of aliphatic imine (C=N–C) groups is 1. The zero-order valence-corrected chi connectivity index (χ0v) is 20.4. The molecule has 0 saturated carbocycles. The largest absolute Gasteiger partial charge is 0.381 e. The fourth-order valence-corrected chi connectivity index (χ4v) is 3.54. The molecule has 2 heterocycles. The Morgan fingerprint density at radius 3 is 2.60 bits per heavy atom. The van der Waals surface area contributed by atoms with Gasteiger partial charge in [0.05, 0.1) is 32.5 Å². The molecule has 2 aliphatic heterocycles. The highest BCUT2D eigenvalue weighted by Crippen LogP contribution is 2.14. The number of morpholine rings is 1. The number of nitrogens with one attached hydrogen (secondary N) is 2. The van der Waals surface area contributed by atoms with Gasteiger partial charge < -0.3 is 24.8 Å². The van der Waals surface area contributed by atoms with Crippen LogP contribution in [0.4, 0.5) is 0 Å². The molecule has 2 saturated heterocycles. The van der Waals surface area contributed by atoms with Crippen LogP contribution in [0.15, 0.2) is 29.3 Å². The van der Waals surface area contributed by atoms with Gasteiger partial charge in [0.1, 0.15) is 0 Å². The van der Waals surface area contributed by atoms with Crippen molar-refractivity contribution in [2.75, 3.05) is 59.2 Å². The monoisotopic (exact) mass is 532 g/mol. The van der Waals surface area contributed by atoms with E-state index >= 15 is 0 Å². The van der Waals surface area contributed by atoms with E-state index in [2.05, 4.69) is 46.7 Å². The number of nitrogens with zero attached hydrogens (tertiary/aromatic N) is 2. The van der Waals surface area contributed by atoms with E-state index in [-0.39, 0.29) is 24.0 Å². The van der Waals surface area contributed by atoms with Crippen LogP contribution in [0, 0.1) is 0 Å². The lowest BCUT2D eigenvalue weighted by atomic mass is 10.1. The van der Waals surface area contributed by atoms with Crippen LogP contribution in [-0.2, 0) is 27.4 Å². The van der Waals surface area contributed by atoms with Crippen LogP contribution < -0.4 is 10.6 Å². The Labute approximate surface area is 197 Å². The molecule has 0 spiro atoms. The molecule has 3 rings (SSSR count). The third-order valence-corrected chi connectivity index (χ3v) is 5.23. The van der Waals surface area contributed by atoms with Gasteiger partial charge in [0.15, 0.2) is 5.96 Å². The van der Waals surface area contributed by atoms with E-state index in [1.54, 1.807) is 0 Å². The minimum Gasteiger partial charge on any atom is -0.381 e. The van der Waals surface area contributed by atoms with Gasteiger partial charge in [0.2, 0.25) is 0 Å². The molecule has 0 atom stereocenters. The van der Waals surface area contributed by atoms with Crippen LogP contribution in [0.3, 0.4) is 0 Å². The van der Waals surface area contributed by atoms with Crippen LogP contribution in [0.1, 0.15) is 30.9 Å². The minimum atomic E-state index is 0. The van der Waals surface area contributed by atoms with Crippen LogP contribution in [0.5, 0.6) is 0 Å². The maximum Gasteiger partial charge on any atom is 0.191 e. The Kier molecular flexibility index (Phi) is 12.6. The number of benzene rings is 1. The van der Waals surface area contributed by atoms with Gasteiger partial charge in [-0.3, -0.25) is 4.90 Å². The van der Waals surface area contributed by atoms with Gasteiger partial charge in [-0.15, -0.1) is 24.0 Å². The van der Waals surface area contributed by atoms with Gasteiger partial charge in [-0.1, -0.05) is 24.3 Å². The first kappa shape index (κ1) is 25.3. The summed E-state index contributed by atoms with van der Waals surface area (Å²) in [5.41, 5.74) is 2.40. The lowest BCUT2D eigenvalue weighted by Crippen LogP contribution is -2.44. The summed E-state index contributed by atoms with van der Waals surface area (Å²) >= 11 is 0. The number of ether oxygens (including phenoxy) is 3. The van der Waals surface area contributed by atoms with E-state index in [9.17, 15) is 0 Å². The number of hydrogen-bond donors (Lipinski definition) is 2. The second kappa shape index (κ2) is 15.0. The normalized spacial score (nSPS) is 18.6. The fraction of sp³-hybridized carbons (Fsp3) is 0.682. The molecule has 2 fully saturated rings. The molecular weight excluding hydrogens is 495 g/mol. The van der Waals surface area contributed by atoms with Crippen molar-refractivity contribution in [3.8, 4) is 0 Å². The molecule has 7 nitrogen and oxygen atoms in total. The molecule has 30 heavy (non-hydrogen) atoms. The highest BCUT2D eigenvalue weighted by molar-refractivity contribution is 14.0. The topological polar surface area (TPSA) is 67.4 Å². The molecule has 1 aromatic rings. The molecular formula is C22H37IN4O3. The summed E-state index contributed by atoms with van der Waals surface area (Å²) < 4.78 is 16.8. The molecule has 0 radical (unpaired) electrons. The molecule has 170 valence electrons. The van der Waals surface area contributed by atoms with Gasteiger partial charge in [-0.2, -0.15) is 0 Å². The third kappa shape index (κ3) is 9.47. The van der Waals surface area contributed by atoms with E-state index < -0.39 is 0 Å². The summed E-state index contributed by atoms with van der Waals surface area (Å²) in [4.78, 5) is 7.17.